The number of rotatable bonds is 6. The highest BCUT2D eigenvalue weighted by molar-refractivity contribution is 7.17. The molecule has 3 heterocycles. The van der Waals surface area contributed by atoms with Gasteiger partial charge in [-0.05, 0) is 37.0 Å². The fourth-order valence-corrected chi connectivity index (χ4v) is 4.78. The van der Waals surface area contributed by atoms with E-state index in [4.69, 9.17) is 15.0 Å². The van der Waals surface area contributed by atoms with Gasteiger partial charge in [-0.15, -0.1) is 11.3 Å². The van der Waals surface area contributed by atoms with Gasteiger partial charge in [0.05, 0.1) is 12.2 Å². The molecule has 1 aliphatic carbocycles. The van der Waals surface area contributed by atoms with Crippen LogP contribution in [0.25, 0.3) is 0 Å². The molecule has 2 amide bonds. The number of anilines is 2. The summed E-state index contributed by atoms with van der Waals surface area (Å²) in [6.07, 6.45) is 10.2. The number of nitrogens with zero attached hydrogens (tertiary/aromatic N) is 1. The first-order chi connectivity index (χ1) is 15.5. The minimum Gasteiger partial charge on any atom is -0.446 e. The van der Waals surface area contributed by atoms with Crippen LogP contribution < -0.4 is 21.7 Å². The number of ether oxygens (including phenoxy) is 1. The quantitative estimate of drug-likeness (QED) is 0.493. The molecule has 168 valence electrons. The van der Waals surface area contributed by atoms with Crippen molar-refractivity contribution >= 4 is 34.0 Å². The molecule has 0 bridgehead atoms. The molecule has 0 fully saturated rings. The molecule has 1 atom stereocenters. The molecule has 2 aliphatic rings. The van der Waals surface area contributed by atoms with E-state index < -0.39 is 6.09 Å². The van der Waals surface area contributed by atoms with Crippen molar-refractivity contribution in [1.29, 1.82) is 0 Å². The summed E-state index contributed by atoms with van der Waals surface area (Å²) in [5, 5.41) is 13.1. The molecule has 2 aromatic heterocycles. The summed E-state index contributed by atoms with van der Waals surface area (Å²) in [6.45, 7) is 2.82. The average molecular weight is 456 g/mol. The van der Waals surface area contributed by atoms with Crippen LogP contribution in [0.4, 0.5) is 15.5 Å². The predicted octanol–water partition coefficient (Wildman–Crippen LogP) is 2.95. The summed E-state index contributed by atoms with van der Waals surface area (Å²) in [5.74, 6) is 0.439. The molecular formula is C22H25N5O4S. The van der Waals surface area contributed by atoms with E-state index >= 15 is 0 Å². The lowest BCUT2D eigenvalue weighted by Crippen LogP contribution is -2.31. The third-order valence-corrected chi connectivity index (χ3v) is 6.29. The lowest BCUT2D eigenvalue weighted by Gasteiger charge is -2.22. The van der Waals surface area contributed by atoms with Crippen molar-refractivity contribution in [2.45, 2.75) is 38.8 Å². The van der Waals surface area contributed by atoms with Gasteiger partial charge in [-0.25, -0.2) is 4.79 Å². The predicted molar refractivity (Wildman–Crippen MR) is 122 cm³/mol. The number of amides is 2. The minimum absolute atomic E-state index is 0.243. The van der Waals surface area contributed by atoms with E-state index in [1.165, 1.54) is 17.4 Å². The van der Waals surface area contributed by atoms with Crippen LogP contribution in [0.5, 0.6) is 0 Å². The number of nitrogens with two attached hydrogens (primary N) is 1. The van der Waals surface area contributed by atoms with Crippen molar-refractivity contribution in [2.75, 3.05) is 17.6 Å². The summed E-state index contributed by atoms with van der Waals surface area (Å²) in [7, 11) is 0. The first-order valence-electron chi connectivity index (χ1n) is 10.3. The number of alkyl carbamates (subject to hydrolysis) is 1. The molecule has 1 aliphatic heterocycles. The fourth-order valence-electron chi connectivity index (χ4n) is 3.55. The number of fused-ring (bicyclic) bond motifs is 1. The first-order valence-corrected chi connectivity index (χ1v) is 11.2. The fraction of sp³-hybridized carbons (Fsp3) is 0.318. The molecule has 4 rings (SSSR count). The van der Waals surface area contributed by atoms with Crippen molar-refractivity contribution in [2.24, 2.45) is 0 Å². The normalized spacial score (nSPS) is 17.4. The van der Waals surface area contributed by atoms with Gasteiger partial charge in [0.2, 0.25) is 5.91 Å². The summed E-state index contributed by atoms with van der Waals surface area (Å²) >= 11 is 1.43. The monoisotopic (exact) mass is 455 g/mol. The lowest BCUT2D eigenvalue weighted by molar-refractivity contribution is -0.111. The zero-order valence-corrected chi connectivity index (χ0v) is 18.5. The Balaban J connectivity index is 1.30. The van der Waals surface area contributed by atoms with Crippen LogP contribution in [-0.2, 0) is 28.9 Å². The van der Waals surface area contributed by atoms with E-state index in [1.54, 1.807) is 19.1 Å². The molecule has 10 heteroatoms. The number of aryl methyl sites for hydroxylation is 1. The van der Waals surface area contributed by atoms with Crippen LogP contribution in [0.15, 0.2) is 46.7 Å². The summed E-state index contributed by atoms with van der Waals surface area (Å²) in [6, 6.07) is 1.76. The number of hydrogen-bond donors (Lipinski definition) is 4. The maximum atomic E-state index is 12.3. The van der Waals surface area contributed by atoms with Gasteiger partial charge in [0.25, 0.3) is 0 Å². The van der Waals surface area contributed by atoms with Crippen molar-refractivity contribution in [3.05, 3.63) is 64.0 Å². The number of carbonyl (C=O) groups excluding carboxylic acids is 2. The standard InChI is InChI=1S/C22H25N5O4S/c1-13-9-15(27-31-13)12-25-22(29)30-16-5-6-17-18(10-16)32-21(20(17)23)26-19(28)7-4-14-3-2-8-24-11-14/h2-4,7,9,11,16,24H,5-6,8,10,12,23H2,1H3,(H,25,29)(H,26,28)/b7-4+. The molecule has 0 radical (unpaired) electrons. The van der Waals surface area contributed by atoms with Crippen LogP contribution >= 0.6 is 11.3 Å². The molecule has 0 saturated heterocycles. The van der Waals surface area contributed by atoms with Crippen LogP contribution in [0.2, 0.25) is 0 Å². The second-order valence-electron chi connectivity index (χ2n) is 7.58. The van der Waals surface area contributed by atoms with Gasteiger partial charge in [-0.1, -0.05) is 17.3 Å². The number of carbonyl (C=O) groups is 2. The molecule has 9 nitrogen and oxygen atoms in total. The third kappa shape index (κ3) is 5.38. The highest BCUT2D eigenvalue weighted by Gasteiger charge is 2.27. The zero-order valence-electron chi connectivity index (χ0n) is 17.6. The van der Waals surface area contributed by atoms with Gasteiger partial charge < -0.3 is 30.9 Å². The van der Waals surface area contributed by atoms with Crippen molar-refractivity contribution < 1.29 is 18.8 Å². The van der Waals surface area contributed by atoms with Crippen LogP contribution in [0.3, 0.4) is 0 Å². The van der Waals surface area contributed by atoms with Gasteiger partial charge in [0, 0.05) is 36.2 Å². The second kappa shape index (κ2) is 9.73. The van der Waals surface area contributed by atoms with Crippen molar-refractivity contribution in [3.8, 4) is 0 Å². The number of dihydropyridines is 1. The summed E-state index contributed by atoms with van der Waals surface area (Å²) in [5.41, 5.74) is 9.45. The topological polar surface area (TPSA) is 132 Å². The molecule has 32 heavy (non-hydrogen) atoms. The highest BCUT2D eigenvalue weighted by Crippen LogP contribution is 2.40. The molecule has 5 N–H and O–H groups in total. The second-order valence-corrected chi connectivity index (χ2v) is 8.68. The molecule has 2 aromatic rings. The first kappa shape index (κ1) is 21.7. The summed E-state index contributed by atoms with van der Waals surface area (Å²) in [4.78, 5) is 25.5. The van der Waals surface area contributed by atoms with E-state index in [2.05, 4.69) is 21.1 Å². The van der Waals surface area contributed by atoms with E-state index in [9.17, 15) is 9.59 Å². The van der Waals surface area contributed by atoms with E-state index in [-0.39, 0.29) is 18.6 Å². The number of allylic oxidation sites excluding steroid dienone is 3. The smallest absolute Gasteiger partial charge is 0.407 e. The highest BCUT2D eigenvalue weighted by atomic mass is 32.1. The number of nitrogen functional groups attached to an aromatic ring is 1. The largest absolute Gasteiger partial charge is 0.446 e. The van der Waals surface area contributed by atoms with Gasteiger partial charge in [-0.3, -0.25) is 4.79 Å². The van der Waals surface area contributed by atoms with Crippen LogP contribution in [0.1, 0.15) is 28.3 Å². The Kier molecular flexibility index (Phi) is 6.60. The Morgan fingerprint density at radius 3 is 3.09 bits per heavy atom. The maximum absolute atomic E-state index is 12.3. The summed E-state index contributed by atoms with van der Waals surface area (Å²) < 4.78 is 10.5. The number of nitrogens with one attached hydrogen (secondary N) is 3. The molecule has 0 saturated carbocycles. The van der Waals surface area contributed by atoms with Crippen molar-refractivity contribution in [3.63, 3.8) is 0 Å². The average Bonchev–Trinajstić information content (AvgIpc) is 3.34. The molecular weight excluding hydrogens is 430 g/mol. The van der Waals surface area contributed by atoms with Crippen LogP contribution in [0, 0.1) is 6.92 Å². The number of thiophene rings is 1. The van der Waals surface area contributed by atoms with Gasteiger partial charge in [0.1, 0.15) is 22.6 Å². The number of aromatic nitrogens is 1. The van der Waals surface area contributed by atoms with Gasteiger partial charge in [-0.2, -0.15) is 0 Å². The molecule has 1 unspecified atom stereocenters. The van der Waals surface area contributed by atoms with Gasteiger partial charge >= 0.3 is 6.09 Å². The molecule has 0 spiro atoms. The lowest BCUT2D eigenvalue weighted by atomic mass is 9.95. The SMILES string of the molecule is Cc1cc(CNC(=O)OC2CCc3c(sc(NC(=O)/C=C/C4=CNCC=C4)c3N)C2)no1. The van der Waals surface area contributed by atoms with E-state index in [1.807, 2.05) is 18.4 Å². The van der Waals surface area contributed by atoms with E-state index in [0.717, 1.165) is 22.6 Å². The Bertz CT molecular complexity index is 1100. The molecule has 0 aromatic carbocycles. The Morgan fingerprint density at radius 1 is 1.47 bits per heavy atom. The third-order valence-electron chi connectivity index (χ3n) is 5.10. The van der Waals surface area contributed by atoms with Crippen LogP contribution in [-0.4, -0.2) is 29.8 Å². The maximum Gasteiger partial charge on any atom is 0.407 e. The Labute approximate surface area is 189 Å². The number of hydrogen-bond acceptors (Lipinski definition) is 8. The Hall–Kier alpha value is -3.53. The van der Waals surface area contributed by atoms with Crippen molar-refractivity contribution in [1.82, 2.24) is 15.8 Å². The zero-order chi connectivity index (χ0) is 22.5. The van der Waals surface area contributed by atoms with E-state index in [0.29, 0.717) is 41.4 Å². The Morgan fingerprint density at radius 2 is 2.34 bits per heavy atom. The van der Waals surface area contributed by atoms with Gasteiger partial charge in [0.15, 0.2) is 0 Å². The minimum atomic E-state index is -0.497.